The fraction of sp³-hybridized carbons (Fsp3) is 0.857. The summed E-state index contributed by atoms with van der Waals surface area (Å²) < 4.78 is 0. The van der Waals surface area contributed by atoms with E-state index >= 15 is 0 Å². The first-order valence-electron chi connectivity index (χ1n) is 6.62. The number of fused-ring (bicyclic) bond motifs is 1. The maximum absolute atomic E-state index is 10.2. The summed E-state index contributed by atoms with van der Waals surface area (Å²) in [4.78, 5) is 0. The SMILES string of the molecule is CC(C)[C@@H]1CC[C@H]2[C@H]1C=C(CO)CC[C@@H]2O. The summed E-state index contributed by atoms with van der Waals surface area (Å²) in [5.41, 5.74) is 1.14. The summed E-state index contributed by atoms with van der Waals surface area (Å²) in [5.74, 6) is 2.31. The van der Waals surface area contributed by atoms with Crippen molar-refractivity contribution in [3.8, 4) is 0 Å². The third kappa shape index (κ3) is 2.18. The van der Waals surface area contributed by atoms with E-state index < -0.39 is 0 Å². The lowest BCUT2D eigenvalue weighted by molar-refractivity contribution is 0.0837. The molecule has 0 saturated heterocycles. The van der Waals surface area contributed by atoms with Crippen molar-refractivity contribution in [3.05, 3.63) is 11.6 Å². The molecule has 0 unspecified atom stereocenters. The molecule has 0 spiro atoms. The van der Waals surface area contributed by atoms with Crippen molar-refractivity contribution >= 4 is 0 Å². The van der Waals surface area contributed by atoms with Gasteiger partial charge in [0.2, 0.25) is 0 Å². The zero-order chi connectivity index (χ0) is 11.7. The van der Waals surface area contributed by atoms with E-state index in [0.717, 1.165) is 24.8 Å². The molecule has 1 fully saturated rings. The zero-order valence-corrected chi connectivity index (χ0v) is 10.4. The third-order valence-electron chi connectivity index (χ3n) is 4.57. The van der Waals surface area contributed by atoms with Gasteiger partial charge in [-0.25, -0.2) is 0 Å². The van der Waals surface area contributed by atoms with E-state index in [2.05, 4.69) is 19.9 Å². The maximum Gasteiger partial charge on any atom is 0.0641 e. The molecule has 0 bridgehead atoms. The fourth-order valence-corrected chi connectivity index (χ4v) is 3.60. The number of rotatable bonds is 2. The largest absolute Gasteiger partial charge is 0.393 e. The molecule has 0 amide bonds. The van der Waals surface area contributed by atoms with Crippen molar-refractivity contribution in [3.63, 3.8) is 0 Å². The predicted octanol–water partition coefficient (Wildman–Crippen LogP) is 2.36. The Labute approximate surface area is 98.4 Å². The highest BCUT2D eigenvalue weighted by molar-refractivity contribution is 5.13. The van der Waals surface area contributed by atoms with E-state index in [1.165, 1.54) is 6.42 Å². The molecule has 0 aromatic carbocycles. The Hall–Kier alpha value is -0.340. The first kappa shape index (κ1) is 12.1. The Balaban J connectivity index is 2.22. The van der Waals surface area contributed by atoms with E-state index in [-0.39, 0.29) is 12.7 Å². The summed E-state index contributed by atoms with van der Waals surface area (Å²) in [7, 11) is 0. The van der Waals surface area contributed by atoms with Gasteiger partial charge in [-0.15, -0.1) is 0 Å². The van der Waals surface area contributed by atoms with Crippen LogP contribution >= 0.6 is 0 Å². The van der Waals surface area contributed by atoms with E-state index in [4.69, 9.17) is 0 Å². The van der Waals surface area contributed by atoms with Crippen LogP contribution in [0, 0.1) is 23.7 Å². The van der Waals surface area contributed by atoms with Crippen molar-refractivity contribution in [1.29, 1.82) is 0 Å². The summed E-state index contributed by atoms with van der Waals surface area (Å²) in [6, 6.07) is 0. The van der Waals surface area contributed by atoms with Crippen LogP contribution in [-0.2, 0) is 0 Å². The van der Waals surface area contributed by atoms with E-state index in [1.54, 1.807) is 0 Å². The van der Waals surface area contributed by atoms with Gasteiger partial charge < -0.3 is 10.2 Å². The fourth-order valence-electron chi connectivity index (χ4n) is 3.60. The van der Waals surface area contributed by atoms with Crippen LogP contribution in [0.5, 0.6) is 0 Å². The Kier molecular flexibility index (Phi) is 3.70. The van der Waals surface area contributed by atoms with Crippen LogP contribution in [0.15, 0.2) is 11.6 Å². The van der Waals surface area contributed by atoms with Gasteiger partial charge in [0.25, 0.3) is 0 Å². The normalized spacial score (nSPS) is 39.4. The van der Waals surface area contributed by atoms with Crippen molar-refractivity contribution < 1.29 is 10.2 Å². The van der Waals surface area contributed by atoms with Gasteiger partial charge in [-0.3, -0.25) is 0 Å². The second-order valence-electron chi connectivity index (χ2n) is 5.82. The standard InChI is InChI=1S/C14H24O2/c1-9(2)11-4-5-12-13(11)7-10(8-15)3-6-14(12)16/h7,9,11-16H,3-6,8H2,1-2H3/t11-,12-,13-,14-/m0/s1. The lowest BCUT2D eigenvalue weighted by Crippen LogP contribution is -2.25. The molecular formula is C14H24O2. The average Bonchev–Trinajstić information content (AvgIpc) is 2.60. The highest BCUT2D eigenvalue weighted by Gasteiger charge is 2.40. The van der Waals surface area contributed by atoms with Crippen LogP contribution in [0.4, 0.5) is 0 Å². The maximum atomic E-state index is 10.2. The van der Waals surface area contributed by atoms with Gasteiger partial charge in [0.05, 0.1) is 12.7 Å². The second kappa shape index (κ2) is 4.89. The molecule has 0 aliphatic heterocycles. The van der Waals surface area contributed by atoms with Crippen LogP contribution < -0.4 is 0 Å². The van der Waals surface area contributed by atoms with E-state index in [0.29, 0.717) is 23.7 Å². The average molecular weight is 224 g/mol. The molecule has 2 aliphatic carbocycles. The first-order chi connectivity index (χ1) is 7.63. The summed E-state index contributed by atoms with van der Waals surface area (Å²) >= 11 is 0. The summed E-state index contributed by atoms with van der Waals surface area (Å²) in [5, 5.41) is 19.5. The number of hydrogen-bond acceptors (Lipinski definition) is 2. The van der Waals surface area contributed by atoms with Crippen LogP contribution in [0.25, 0.3) is 0 Å². The number of hydrogen-bond donors (Lipinski definition) is 2. The molecule has 0 heterocycles. The molecule has 2 nitrogen and oxygen atoms in total. The smallest absolute Gasteiger partial charge is 0.0641 e. The Morgan fingerprint density at radius 1 is 1.31 bits per heavy atom. The molecule has 2 aliphatic rings. The molecule has 2 heteroatoms. The topological polar surface area (TPSA) is 40.5 Å². The number of allylic oxidation sites excluding steroid dienone is 1. The van der Waals surface area contributed by atoms with Gasteiger partial charge >= 0.3 is 0 Å². The first-order valence-corrected chi connectivity index (χ1v) is 6.62. The minimum atomic E-state index is -0.158. The van der Waals surface area contributed by atoms with Crippen LogP contribution in [0.3, 0.4) is 0 Å². The minimum absolute atomic E-state index is 0.158. The van der Waals surface area contributed by atoms with Gasteiger partial charge in [0.15, 0.2) is 0 Å². The quantitative estimate of drug-likeness (QED) is 0.707. The molecule has 2 rings (SSSR count). The molecule has 0 radical (unpaired) electrons. The molecule has 4 atom stereocenters. The highest BCUT2D eigenvalue weighted by Crippen LogP contribution is 2.46. The summed E-state index contributed by atoms with van der Waals surface area (Å²) in [6.07, 6.45) is 6.21. The van der Waals surface area contributed by atoms with Crippen LogP contribution in [0.1, 0.15) is 39.5 Å². The van der Waals surface area contributed by atoms with Crippen LogP contribution in [0.2, 0.25) is 0 Å². The Morgan fingerprint density at radius 3 is 2.69 bits per heavy atom. The number of aliphatic hydroxyl groups is 2. The van der Waals surface area contributed by atoms with Gasteiger partial charge in [-0.05, 0) is 54.9 Å². The Morgan fingerprint density at radius 2 is 2.06 bits per heavy atom. The van der Waals surface area contributed by atoms with Crippen molar-refractivity contribution in [2.75, 3.05) is 6.61 Å². The monoisotopic (exact) mass is 224 g/mol. The number of aliphatic hydroxyl groups excluding tert-OH is 2. The lowest BCUT2D eigenvalue weighted by Gasteiger charge is -2.26. The van der Waals surface area contributed by atoms with E-state index in [1.807, 2.05) is 0 Å². The third-order valence-corrected chi connectivity index (χ3v) is 4.57. The van der Waals surface area contributed by atoms with Crippen molar-refractivity contribution in [2.45, 2.75) is 45.6 Å². The molecule has 0 aromatic heterocycles. The molecular weight excluding hydrogens is 200 g/mol. The molecule has 2 N–H and O–H groups in total. The lowest BCUT2D eigenvalue weighted by atomic mass is 9.81. The van der Waals surface area contributed by atoms with Gasteiger partial charge in [-0.1, -0.05) is 19.9 Å². The Bertz CT molecular complexity index is 270. The molecule has 92 valence electrons. The molecule has 0 aromatic rings. The van der Waals surface area contributed by atoms with Gasteiger partial charge in [-0.2, -0.15) is 0 Å². The predicted molar refractivity (Wildman–Crippen MR) is 65.0 cm³/mol. The van der Waals surface area contributed by atoms with Gasteiger partial charge in [0, 0.05) is 0 Å². The van der Waals surface area contributed by atoms with Crippen molar-refractivity contribution in [2.24, 2.45) is 23.7 Å². The molecule has 1 saturated carbocycles. The molecule has 16 heavy (non-hydrogen) atoms. The van der Waals surface area contributed by atoms with Crippen LogP contribution in [-0.4, -0.2) is 22.9 Å². The second-order valence-corrected chi connectivity index (χ2v) is 5.82. The zero-order valence-electron chi connectivity index (χ0n) is 10.4. The van der Waals surface area contributed by atoms with Crippen molar-refractivity contribution in [1.82, 2.24) is 0 Å². The minimum Gasteiger partial charge on any atom is -0.393 e. The van der Waals surface area contributed by atoms with E-state index in [9.17, 15) is 10.2 Å². The summed E-state index contributed by atoms with van der Waals surface area (Å²) in [6.45, 7) is 4.72. The highest BCUT2D eigenvalue weighted by atomic mass is 16.3. The van der Waals surface area contributed by atoms with Gasteiger partial charge in [0.1, 0.15) is 0 Å².